The molecule has 0 aliphatic carbocycles. The molecule has 0 radical (unpaired) electrons. The van der Waals surface area contributed by atoms with Crippen LogP contribution in [-0.4, -0.2) is 34.2 Å². The highest BCUT2D eigenvalue weighted by atomic mass is 16.2. The monoisotopic (exact) mass is 404 g/mol. The lowest BCUT2D eigenvalue weighted by molar-refractivity contribution is -0.129. The van der Waals surface area contributed by atoms with Gasteiger partial charge in [0, 0.05) is 18.9 Å². The molecule has 3 aromatic rings. The second-order valence-electron chi connectivity index (χ2n) is 7.61. The van der Waals surface area contributed by atoms with E-state index >= 15 is 0 Å². The van der Waals surface area contributed by atoms with Crippen molar-refractivity contribution >= 4 is 11.8 Å². The second kappa shape index (κ2) is 10.4. The van der Waals surface area contributed by atoms with E-state index in [1.165, 1.54) is 0 Å². The molecular weight excluding hydrogens is 376 g/mol. The van der Waals surface area contributed by atoms with Gasteiger partial charge in [0.25, 0.3) is 0 Å². The first kappa shape index (κ1) is 21.3. The Bertz CT molecular complexity index is 935. The van der Waals surface area contributed by atoms with Gasteiger partial charge in [-0.05, 0) is 41.7 Å². The summed E-state index contributed by atoms with van der Waals surface area (Å²) in [5, 5.41) is 10.0. The molecule has 156 valence electrons. The van der Waals surface area contributed by atoms with Crippen LogP contribution in [0.2, 0.25) is 0 Å². The minimum absolute atomic E-state index is 0.00178. The first-order chi connectivity index (χ1) is 14.5. The van der Waals surface area contributed by atoms with Crippen molar-refractivity contribution < 1.29 is 9.59 Å². The molecule has 1 heterocycles. The molecule has 0 unspecified atom stereocenters. The van der Waals surface area contributed by atoms with E-state index in [0.29, 0.717) is 13.0 Å². The molecule has 0 aliphatic rings. The molecule has 6 nitrogen and oxygen atoms in total. The first-order valence-corrected chi connectivity index (χ1v) is 10.2. The van der Waals surface area contributed by atoms with Crippen molar-refractivity contribution in [3.05, 3.63) is 84.2 Å². The quantitative estimate of drug-likeness (QED) is 0.576. The summed E-state index contributed by atoms with van der Waals surface area (Å²) in [6, 6.07) is 18.9. The Hall–Kier alpha value is -3.41. The van der Waals surface area contributed by atoms with Crippen LogP contribution in [0.15, 0.2) is 73.1 Å². The average Bonchev–Trinajstić information content (AvgIpc) is 3.28. The van der Waals surface area contributed by atoms with Gasteiger partial charge in [0.1, 0.15) is 6.04 Å². The highest BCUT2D eigenvalue weighted by molar-refractivity contribution is 5.88. The van der Waals surface area contributed by atoms with Crippen LogP contribution in [0.5, 0.6) is 0 Å². The van der Waals surface area contributed by atoms with E-state index in [4.69, 9.17) is 0 Å². The molecule has 2 amide bonds. The third-order valence-corrected chi connectivity index (χ3v) is 4.89. The standard InChI is InChI=1S/C24H28N4O2/c1-18(2)23(27-22(29)17-20-7-4-3-5-8-20)24(30)25-15-13-19-9-11-21(12-10-19)28-16-6-14-26-28/h3-12,14,16,18,23H,13,15,17H2,1-2H3,(H,25,30)(H,27,29)/t23-/m1/s1. The molecule has 30 heavy (non-hydrogen) atoms. The molecule has 0 bridgehead atoms. The minimum atomic E-state index is -0.552. The number of hydrogen-bond acceptors (Lipinski definition) is 3. The number of amides is 2. The van der Waals surface area contributed by atoms with E-state index in [-0.39, 0.29) is 24.2 Å². The molecule has 0 fully saturated rings. The zero-order chi connectivity index (χ0) is 21.3. The number of rotatable bonds is 9. The predicted octanol–water partition coefficient (Wildman–Crippen LogP) is 2.91. The van der Waals surface area contributed by atoms with Crippen LogP contribution in [-0.2, 0) is 22.4 Å². The van der Waals surface area contributed by atoms with Crippen LogP contribution in [0.25, 0.3) is 5.69 Å². The Morgan fingerprint density at radius 1 is 0.967 bits per heavy atom. The van der Waals surface area contributed by atoms with Crippen molar-refractivity contribution in [1.29, 1.82) is 0 Å². The van der Waals surface area contributed by atoms with Crippen LogP contribution in [0, 0.1) is 5.92 Å². The van der Waals surface area contributed by atoms with Gasteiger partial charge in [-0.25, -0.2) is 4.68 Å². The van der Waals surface area contributed by atoms with Crippen molar-refractivity contribution in [2.45, 2.75) is 32.7 Å². The number of carbonyl (C=O) groups is 2. The molecule has 2 N–H and O–H groups in total. The second-order valence-corrected chi connectivity index (χ2v) is 7.61. The molecule has 0 aliphatic heterocycles. The number of hydrogen-bond donors (Lipinski definition) is 2. The lowest BCUT2D eigenvalue weighted by Gasteiger charge is -2.22. The number of carbonyl (C=O) groups excluding carboxylic acids is 2. The Morgan fingerprint density at radius 2 is 1.70 bits per heavy atom. The first-order valence-electron chi connectivity index (χ1n) is 10.2. The van der Waals surface area contributed by atoms with E-state index < -0.39 is 6.04 Å². The lowest BCUT2D eigenvalue weighted by atomic mass is 10.0. The SMILES string of the molecule is CC(C)[C@@H](NC(=O)Cc1ccccc1)C(=O)NCCc1ccc(-n2cccn2)cc1. The molecule has 0 saturated heterocycles. The van der Waals surface area contributed by atoms with Gasteiger partial charge in [-0.15, -0.1) is 0 Å². The van der Waals surface area contributed by atoms with Crippen molar-refractivity contribution in [3.63, 3.8) is 0 Å². The van der Waals surface area contributed by atoms with Crippen molar-refractivity contribution in [1.82, 2.24) is 20.4 Å². The molecule has 0 spiro atoms. The zero-order valence-electron chi connectivity index (χ0n) is 17.4. The Kier molecular flexibility index (Phi) is 7.38. The number of aromatic nitrogens is 2. The van der Waals surface area contributed by atoms with Gasteiger partial charge in [0.15, 0.2) is 0 Å². The highest BCUT2D eigenvalue weighted by Gasteiger charge is 2.23. The third-order valence-electron chi connectivity index (χ3n) is 4.89. The van der Waals surface area contributed by atoms with Gasteiger partial charge in [-0.2, -0.15) is 5.10 Å². The highest BCUT2D eigenvalue weighted by Crippen LogP contribution is 2.09. The Labute approximate surface area is 177 Å². The van der Waals surface area contributed by atoms with E-state index in [1.807, 2.05) is 80.7 Å². The van der Waals surface area contributed by atoms with Crippen molar-refractivity contribution in [3.8, 4) is 5.69 Å². The van der Waals surface area contributed by atoms with Crippen LogP contribution in [0.1, 0.15) is 25.0 Å². The summed E-state index contributed by atoms with van der Waals surface area (Å²) in [5.74, 6) is -0.304. The summed E-state index contributed by atoms with van der Waals surface area (Å²) in [7, 11) is 0. The van der Waals surface area contributed by atoms with Crippen LogP contribution < -0.4 is 10.6 Å². The van der Waals surface area contributed by atoms with Gasteiger partial charge < -0.3 is 10.6 Å². The Balaban J connectivity index is 1.48. The summed E-state index contributed by atoms with van der Waals surface area (Å²) >= 11 is 0. The van der Waals surface area contributed by atoms with E-state index in [1.54, 1.807) is 10.9 Å². The summed E-state index contributed by atoms with van der Waals surface area (Å²) in [6.45, 7) is 4.37. The maximum Gasteiger partial charge on any atom is 0.242 e. The maximum atomic E-state index is 12.6. The van der Waals surface area contributed by atoms with E-state index in [2.05, 4.69) is 15.7 Å². The predicted molar refractivity (Wildman–Crippen MR) is 117 cm³/mol. The zero-order valence-corrected chi connectivity index (χ0v) is 17.4. The molecule has 0 saturated carbocycles. The molecule has 6 heteroatoms. The van der Waals surface area contributed by atoms with Gasteiger partial charge in [-0.1, -0.05) is 56.3 Å². The van der Waals surface area contributed by atoms with Crippen molar-refractivity contribution in [2.75, 3.05) is 6.54 Å². The van der Waals surface area contributed by atoms with Gasteiger partial charge in [0.05, 0.1) is 12.1 Å². The third kappa shape index (κ3) is 6.04. The molecule has 1 aromatic heterocycles. The Morgan fingerprint density at radius 3 is 2.33 bits per heavy atom. The molecule has 1 atom stereocenters. The van der Waals surface area contributed by atoms with Gasteiger partial charge >= 0.3 is 0 Å². The number of nitrogens with one attached hydrogen (secondary N) is 2. The fourth-order valence-corrected chi connectivity index (χ4v) is 3.22. The molecule has 3 rings (SSSR count). The smallest absolute Gasteiger partial charge is 0.242 e. The average molecular weight is 405 g/mol. The summed E-state index contributed by atoms with van der Waals surface area (Å²) < 4.78 is 1.80. The van der Waals surface area contributed by atoms with E-state index in [9.17, 15) is 9.59 Å². The van der Waals surface area contributed by atoms with Gasteiger partial charge in [-0.3, -0.25) is 9.59 Å². The summed E-state index contributed by atoms with van der Waals surface area (Å²) in [5.41, 5.74) is 3.05. The number of nitrogens with zero attached hydrogens (tertiary/aromatic N) is 2. The topological polar surface area (TPSA) is 76.0 Å². The van der Waals surface area contributed by atoms with Crippen LogP contribution in [0.3, 0.4) is 0 Å². The fraction of sp³-hybridized carbons (Fsp3) is 0.292. The fourth-order valence-electron chi connectivity index (χ4n) is 3.22. The van der Waals surface area contributed by atoms with Crippen molar-refractivity contribution in [2.24, 2.45) is 5.92 Å². The van der Waals surface area contributed by atoms with E-state index in [0.717, 1.165) is 16.8 Å². The van der Waals surface area contributed by atoms with Gasteiger partial charge in [0.2, 0.25) is 11.8 Å². The summed E-state index contributed by atoms with van der Waals surface area (Å²) in [4.78, 5) is 25.0. The van der Waals surface area contributed by atoms with Crippen LogP contribution in [0.4, 0.5) is 0 Å². The largest absolute Gasteiger partial charge is 0.354 e. The minimum Gasteiger partial charge on any atom is -0.354 e. The molecular formula is C24H28N4O2. The lowest BCUT2D eigenvalue weighted by Crippen LogP contribution is -2.50. The summed E-state index contributed by atoms with van der Waals surface area (Å²) in [6.07, 6.45) is 4.62. The normalized spacial score (nSPS) is 11.8. The maximum absolute atomic E-state index is 12.6. The number of benzene rings is 2. The molecule has 2 aromatic carbocycles. The van der Waals surface area contributed by atoms with Crippen LogP contribution >= 0.6 is 0 Å².